The summed E-state index contributed by atoms with van der Waals surface area (Å²) in [7, 11) is 0. The predicted octanol–water partition coefficient (Wildman–Crippen LogP) is 2.18. The third-order valence-corrected chi connectivity index (χ3v) is 6.17. The lowest BCUT2D eigenvalue weighted by molar-refractivity contribution is 0.0119. The van der Waals surface area contributed by atoms with E-state index in [0.717, 1.165) is 45.0 Å². The summed E-state index contributed by atoms with van der Waals surface area (Å²) >= 11 is 0. The van der Waals surface area contributed by atoms with Gasteiger partial charge in [-0.15, -0.1) is 0 Å². The van der Waals surface area contributed by atoms with Crippen LogP contribution < -0.4 is 0 Å². The Bertz CT molecular complexity index is 590. The Morgan fingerprint density at radius 3 is 2.68 bits per heavy atom. The summed E-state index contributed by atoms with van der Waals surface area (Å²) in [5.41, 5.74) is 0.750. The number of nitrogens with zero attached hydrogens (tertiary/aromatic N) is 4. The minimum Gasteiger partial charge on any atom is -0.379 e. The maximum atomic E-state index is 12.9. The molecule has 4 rings (SSSR count). The van der Waals surface area contributed by atoms with Gasteiger partial charge in [-0.25, -0.2) is 0 Å². The van der Waals surface area contributed by atoms with Gasteiger partial charge in [0.25, 0.3) is 5.91 Å². The second kappa shape index (κ2) is 7.46. The molecule has 0 aromatic carbocycles. The number of ether oxygens (including phenoxy) is 1. The third kappa shape index (κ3) is 3.60. The second-order valence-electron chi connectivity index (χ2n) is 7.90. The van der Waals surface area contributed by atoms with E-state index >= 15 is 0 Å². The maximum Gasteiger partial charge on any atom is 0.257 e. The average Bonchev–Trinajstić information content (AvgIpc) is 3.30. The summed E-state index contributed by atoms with van der Waals surface area (Å²) in [6.45, 7) is 7.52. The van der Waals surface area contributed by atoms with Crippen LogP contribution in [0.5, 0.6) is 0 Å². The largest absolute Gasteiger partial charge is 0.379 e. The van der Waals surface area contributed by atoms with Crippen LogP contribution in [-0.4, -0.2) is 70.9 Å². The highest BCUT2D eigenvalue weighted by Gasteiger charge is 2.37. The molecule has 138 valence electrons. The molecule has 3 fully saturated rings. The molecule has 1 saturated carbocycles. The standard InChI is InChI=1S/C19H30N4O2/c1-15-12-22(14-18(15)21-7-9-25-10-8-21)19(24)16-11-20-23(13-16)17-5-3-2-4-6-17/h11,13,15,17-18H,2-10,12,14H2,1H3/t15-,18+/m1/s1. The lowest BCUT2D eigenvalue weighted by Gasteiger charge is -2.33. The Hall–Kier alpha value is -1.40. The molecule has 0 spiro atoms. The van der Waals surface area contributed by atoms with Crippen molar-refractivity contribution in [3.8, 4) is 0 Å². The summed E-state index contributed by atoms with van der Waals surface area (Å²) in [4.78, 5) is 17.5. The molecule has 0 bridgehead atoms. The number of carbonyl (C=O) groups is 1. The molecule has 2 saturated heterocycles. The van der Waals surface area contributed by atoms with Crippen LogP contribution in [0, 0.1) is 5.92 Å². The molecule has 25 heavy (non-hydrogen) atoms. The first kappa shape index (κ1) is 17.0. The molecule has 2 atom stereocenters. The van der Waals surface area contributed by atoms with Crippen molar-refractivity contribution in [3.05, 3.63) is 18.0 Å². The number of morpholine rings is 1. The minimum absolute atomic E-state index is 0.143. The lowest BCUT2D eigenvalue weighted by Crippen LogP contribution is -2.47. The Morgan fingerprint density at radius 1 is 1.16 bits per heavy atom. The molecule has 3 heterocycles. The quantitative estimate of drug-likeness (QED) is 0.842. The Morgan fingerprint density at radius 2 is 1.92 bits per heavy atom. The number of rotatable bonds is 3. The van der Waals surface area contributed by atoms with Gasteiger partial charge in [-0.2, -0.15) is 5.10 Å². The third-order valence-electron chi connectivity index (χ3n) is 6.17. The normalized spacial score (nSPS) is 29.2. The minimum atomic E-state index is 0.143. The van der Waals surface area contributed by atoms with Gasteiger partial charge in [-0.3, -0.25) is 14.4 Å². The Kier molecular flexibility index (Phi) is 5.08. The molecule has 0 radical (unpaired) electrons. The van der Waals surface area contributed by atoms with Gasteiger partial charge in [-0.05, 0) is 18.8 Å². The fraction of sp³-hybridized carbons (Fsp3) is 0.789. The first-order valence-corrected chi connectivity index (χ1v) is 9.87. The van der Waals surface area contributed by atoms with E-state index in [-0.39, 0.29) is 5.91 Å². The molecule has 6 nitrogen and oxygen atoms in total. The zero-order valence-corrected chi connectivity index (χ0v) is 15.3. The van der Waals surface area contributed by atoms with Gasteiger partial charge in [0, 0.05) is 38.4 Å². The molecule has 0 unspecified atom stereocenters. The molecule has 6 heteroatoms. The van der Waals surface area contributed by atoms with Crippen LogP contribution in [0.25, 0.3) is 0 Å². The zero-order valence-electron chi connectivity index (χ0n) is 15.3. The first-order chi connectivity index (χ1) is 12.2. The zero-order chi connectivity index (χ0) is 17.2. The number of carbonyl (C=O) groups excluding carboxylic acids is 1. The highest BCUT2D eigenvalue weighted by Crippen LogP contribution is 2.28. The Balaban J connectivity index is 1.40. The van der Waals surface area contributed by atoms with Gasteiger partial charge < -0.3 is 9.64 Å². The van der Waals surface area contributed by atoms with Crippen LogP contribution in [0.4, 0.5) is 0 Å². The number of hydrogen-bond donors (Lipinski definition) is 0. The number of hydrogen-bond acceptors (Lipinski definition) is 4. The van der Waals surface area contributed by atoms with Gasteiger partial charge >= 0.3 is 0 Å². The van der Waals surface area contributed by atoms with Crippen LogP contribution in [0.2, 0.25) is 0 Å². The Labute approximate surface area is 150 Å². The summed E-state index contributed by atoms with van der Waals surface area (Å²) in [5, 5.41) is 4.50. The maximum absolute atomic E-state index is 12.9. The fourth-order valence-electron chi connectivity index (χ4n) is 4.68. The van der Waals surface area contributed by atoms with Gasteiger partial charge in [0.2, 0.25) is 0 Å². The number of likely N-dealkylation sites (tertiary alicyclic amines) is 1. The molecular formula is C19H30N4O2. The molecular weight excluding hydrogens is 316 g/mol. The van der Waals surface area contributed by atoms with Gasteiger partial charge in [-0.1, -0.05) is 26.2 Å². The van der Waals surface area contributed by atoms with Crippen molar-refractivity contribution in [2.24, 2.45) is 5.92 Å². The molecule has 1 amide bonds. The average molecular weight is 346 g/mol. The van der Waals surface area contributed by atoms with Crippen LogP contribution >= 0.6 is 0 Å². The predicted molar refractivity (Wildman–Crippen MR) is 95.6 cm³/mol. The van der Waals surface area contributed by atoms with Gasteiger partial charge in [0.15, 0.2) is 0 Å². The second-order valence-corrected chi connectivity index (χ2v) is 7.90. The van der Waals surface area contributed by atoms with Crippen molar-refractivity contribution in [1.29, 1.82) is 0 Å². The van der Waals surface area contributed by atoms with E-state index in [2.05, 4.69) is 16.9 Å². The SMILES string of the molecule is C[C@@H]1CN(C(=O)c2cnn(C3CCCCC3)c2)C[C@@H]1N1CCOCC1. The molecule has 3 aliphatic rings. The smallest absolute Gasteiger partial charge is 0.257 e. The van der Waals surface area contributed by atoms with E-state index in [1.807, 2.05) is 15.8 Å². The first-order valence-electron chi connectivity index (χ1n) is 9.87. The number of aromatic nitrogens is 2. The van der Waals surface area contributed by atoms with Crippen LogP contribution in [-0.2, 0) is 4.74 Å². The van der Waals surface area contributed by atoms with E-state index < -0.39 is 0 Å². The highest BCUT2D eigenvalue weighted by molar-refractivity contribution is 5.94. The monoisotopic (exact) mass is 346 g/mol. The van der Waals surface area contributed by atoms with Crippen molar-refractivity contribution in [1.82, 2.24) is 19.6 Å². The van der Waals surface area contributed by atoms with Gasteiger partial charge in [0.05, 0.1) is 31.0 Å². The molecule has 0 N–H and O–H groups in total. The van der Waals surface area contributed by atoms with Gasteiger partial charge in [0.1, 0.15) is 0 Å². The van der Waals surface area contributed by atoms with Crippen molar-refractivity contribution in [3.63, 3.8) is 0 Å². The van der Waals surface area contributed by atoms with Crippen LogP contribution in [0.1, 0.15) is 55.4 Å². The van der Waals surface area contributed by atoms with E-state index in [9.17, 15) is 4.79 Å². The van der Waals surface area contributed by atoms with E-state index in [0.29, 0.717) is 18.0 Å². The van der Waals surface area contributed by atoms with Crippen molar-refractivity contribution >= 4 is 5.91 Å². The van der Waals surface area contributed by atoms with E-state index in [4.69, 9.17) is 4.74 Å². The summed E-state index contributed by atoms with van der Waals surface area (Å²) in [6.07, 6.45) is 10.0. The van der Waals surface area contributed by atoms with Crippen molar-refractivity contribution in [2.45, 2.75) is 51.1 Å². The lowest BCUT2D eigenvalue weighted by atomic mass is 9.96. The summed E-state index contributed by atoms with van der Waals surface area (Å²) < 4.78 is 7.50. The molecule has 1 aromatic heterocycles. The van der Waals surface area contributed by atoms with Crippen molar-refractivity contribution in [2.75, 3.05) is 39.4 Å². The van der Waals surface area contributed by atoms with Crippen LogP contribution in [0.3, 0.4) is 0 Å². The van der Waals surface area contributed by atoms with E-state index in [1.165, 1.54) is 32.1 Å². The molecule has 2 aliphatic heterocycles. The topological polar surface area (TPSA) is 50.6 Å². The van der Waals surface area contributed by atoms with E-state index in [1.54, 1.807) is 6.20 Å². The van der Waals surface area contributed by atoms with Crippen LogP contribution in [0.15, 0.2) is 12.4 Å². The molecule has 1 aliphatic carbocycles. The summed E-state index contributed by atoms with van der Waals surface area (Å²) in [5.74, 6) is 0.653. The highest BCUT2D eigenvalue weighted by atomic mass is 16.5. The summed E-state index contributed by atoms with van der Waals surface area (Å²) in [6, 6.07) is 0.940. The molecule has 1 aromatic rings. The van der Waals surface area contributed by atoms with Crippen molar-refractivity contribution < 1.29 is 9.53 Å². The fourth-order valence-corrected chi connectivity index (χ4v) is 4.68. The number of amides is 1.